The number of hydrogen-bond acceptors (Lipinski definition) is 5. The number of hydrogen-bond donors (Lipinski definition) is 1. The standard InChI is InChI=1S/C18H17N3O4S/c19-13-14-4-6-15(7-5-14)18(22)20-16-2-1-3-17(12-16)26(23,24)21-8-10-25-11-9-21/h1-7,12H,8-11H2,(H,20,22). The summed E-state index contributed by atoms with van der Waals surface area (Å²) < 4.78 is 31.9. The molecule has 0 radical (unpaired) electrons. The summed E-state index contributed by atoms with van der Waals surface area (Å²) in [7, 11) is -3.63. The number of rotatable bonds is 4. The van der Waals surface area contributed by atoms with Gasteiger partial charge < -0.3 is 10.1 Å². The van der Waals surface area contributed by atoms with Crippen molar-refractivity contribution in [1.29, 1.82) is 5.26 Å². The van der Waals surface area contributed by atoms with Gasteiger partial charge in [0, 0.05) is 24.3 Å². The molecule has 0 saturated carbocycles. The van der Waals surface area contributed by atoms with Gasteiger partial charge in [-0.25, -0.2) is 8.42 Å². The average molecular weight is 371 g/mol. The van der Waals surface area contributed by atoms with Crippen molar-refractivity contribution in [2.24, 2.45) is 0 Å². The number of nitrogens with zero attached hydrogens (tertiary/aromatic N) is 2. The highest BCUT2D eigenvalue weighted by atomic mass is 32.2. The van der Waals surface area contributed by atoms with Crippen LogP contribution in [0.15, 0.2) is 53.4 Å². The van der Waals surface area contributed by atoms with Crippen LogP contribution < -0.4 is 5.32 Å². The molecular weight excluding hydrogens is 354 g/mol. The quantitative estimate of drug-likeness (QED) is 0.884. The zero-order chi connectivity index (χ0) is 18.6. The number of carbonyl (C=O) groups is 1. The van der Waals surface area contributed by atoms with Crippen LogP contribution in [0.1, 0.15) is 15.9 Å². The number of amides is 1. The van der Waals surface area contributed by atoms with E-state index in [1.54, 1.807) is 36.4 Å². The third-order valence-corrected chi connectivity index (χ3v) is 5.87. The van der Waals surface area contributed by atoms with Crippen molar-refractivity contribution in [3.8, 4) is 6.07 Å². The normalized spacial score (nSPS) is 15.2. The van der Waals surface area contributed by atoms with E-state index in [0.29, 0.717) is 43.1 Å². The molecule has 1 aliphatic rings. The Bertz CT molecular complexity index is 943. The van der Waals surface area contributed by atoms with Gasteiger partial charge in [-0.1, -0.05) is 6.07 Å². The van der Waals surface area contributed by atoms with Crippen LogP contribution in [0.3, 0.4) is 0 Å². The van der Waals surface area contributed by atoms with Gasteiger partial charge in [0.15, 0.2) is 0 Å². The fraction of sp³-hybridized carbons (Fsp3) is 0.222. The van der Waals surface area contributed by atoms with Crippen molar-refractivity contribution in [3.05, 3.63) is 59.7 Å². The number of nitriles is 1. The van der Waals surface area contributed by atoms with E-state index in [1.165, 1.54) is 16.4 Å². The molecule has 1 amide bonds. The zero-order valence-electron chi connectivity index (χ0n) is 13.9. The Kier molecular flexibility index (Phi) is 5.32. The maximum atomic E-state index is 12.7. The van der Waals surface area contributed by atoms with Crippen molar-refractivity contribution in [2.75, 3.05) is 31.6 Å². The van der Waals surface area contributed by atoms with Crippen molar-refractivity contribution in [2.45, 2.75) is 4.90 Å². The van der Waals surface area contributed by atoms with Gasteiger partial charge in [0.25, 0.3) is 5.91 Å². The lowest BCUT2D eigenvalue weighted by Crippen LogP contribution is -2.40. The van der Waals surface area contributed by atoms with Crippen LogP contribution in [-0.4, -0.2) is 44.9 Å². The van der Waals surface area contributed by atoms with E-state index in [0.717, 1.165) is 0 Å². The molecule has 26 heavy (non-hydrogen) atoms. The topological polar surface area (TPSA) is 99.5 Å². The van der Waals surface area contributed by atoms with Crippen LogP contribution in [0, 0.1) is 11.3 Å². The first-order chi connectivity index (χ1) is 12.5. The molecule has 1 saturated heterocycles. The Morgan fingerprint density at radius 2 is 1.81 bits per heavy atom. The van der Waals surface area contributed by atoms with Gasteiger partial charge >= 0.3 is 0 Å². The molecule has 2 aromatic rings. The number of benzene rings is 2. The van der Waals surface area contributed by atoms with Gasteiger partial charge in [-0.3, -0.25) is 4.79 Å². The van der Waals surface area contributed by atoms with Crippen LogP contribution in [-0.2, 0) is 14.8 Å². The van der Waals surface area contributed by atoms with Gasteiger partial charge in [0.05, 0.1) is 29.7 Å². The third-order valence-electron chi connectivity index (χ3n) is 3.98. The van der Waals surface area contributed by atoms with Gasteiger partial charge in [0.2, 0.25) is 10.0 Å². The summed E-state index contributed by atoms with van der Waals surface area (Å²) in [5, 5.41) is 11.5. The summed E-state index contributed by atoms with van der Waals surface area (Å²) in [5.41, 5.74) is 1.22. The molecule has 1 heterocycles. The van der Waals surface area contributed by atoms with E-state index in [9.17, 15) is 13.2 Å². The van der Waals surface area contributed by atoms with Crippen molar-refractivity contribution in [1.82, 2.24) is 4.31 Å². The number of anilines is 1. The summed E-state index contributed by atoms with van der Waals surface area (Å²) in [6.07, 6.45) is 0. The Morgan fingerprint density at radius 1 is 1.12 bits per heavy atom. The summed E-state index contributed by atoms with van der Waals surface area (Å²) in [5.74, 6) is -0.379. The maximum Gasteiger partial charge on any atom is 0.255 e. The van der Waals surface area contributed by atoms with Crippen LogP contribution in [0.25, 0.3) is 0 Å². The first kappa shape index (κ1) is 18.1. The first-order valence-corrected chi connectivity index (χ1v) is 9.44. The smallest absolute Gasteiger partial charge is 0.255 e. The minimum Gasteiger partial charge on any atom is -0.379 e. The Balaban J connectivity index is 1.78. The second-order valence-corrected chi connectivity index (χ2v) is 7.63. The predicted octanol–water partition coefficient (Wildman–Crippen LogP) is 1.83. The second-order valence-electron chi connectivity index (χ2n) is 5.69. The number of nitrogens with one attached hydrogen (secondary N) is 1. The van der Waals surface area contributed by atoms with Crippen molar-refractivity contribution < 1.29 is 17.9 Å². The molecule has 0 aliphatic carbocycles. The molecular formula is C18H17N3O4S. The van der Waals surface area contributed by atoms with E-state index in [-0.39, 0.29) is 10.8 Å². The maximum absolute atomic E-state index is 12.7. The molecule has 7 nitrogen and oxygen atoms in total. The summed E-state index contributed by atoms with van der Waals surface area (Å²) in [6, 6.07) is 14.3. The van der Waals surface area contributed by atoms with E-state index in [4.69, 9.17) is 10.00 Å². The van der Waals surface area contributed by atoms with Gasteiger partial charge in [0.1, 0.15) is 0 Å². The van der Waals surface area contributed by atoms with Gasteiger partial charge in [-0.2, -0.15) is 9.57 Å². The minimum atomic E-state index is -3.63. The molecule has 2 aromatic carbocycles. The summed E-state index contributed by atoms with van der Waals surface area (Å²) in [4.78, 5) is 12.4. The van der Waals surface area contributed by atoms with E-state index < -0.39 is 10.0 Å². The van der Waals surface area contributed by atoms with Crippen LogP contribution in [0.2, 0.25) is 0 Å². The van der Waals surface area contributed by atoms with Crippen LogP contribution >= 0.6 is 0 Å². The molecule has 134 valence electrons. The molecule has 0 spiro atoms. The molecule has 3 rings (SSSR count). The number of ether oxygens (including phenoxy) is 1. The Morgan fingerprint density at radius 3 is 2.46 bits per heavy atom. The monoisotopic (exact) mass is 371 g/mol. The lowest BCUT2D eigenvalue weighted by Gasteiger charge is -2.26. The Labute approximate surface area is 151 Å². The van der Waals surface area contributed by atoms with E-state index in [2.05, 4.69) is 5.32 Å². The largest absolute Gasteiger partial charge is 0.379 e. The highest BCUT2D eigenvalue weighted by molar-refractivity contribution is 7.89. The predicted molar refractivity (Wildman–Crippen MR) is 95.1 cm³/mol. The fourth-order valence-electron chi connectivity index (χ4n) is 2.57. The highest BCUT2D eigenvalue weighted by Gasteiger charge is 2.26. The average Bonchev–Trinajstić information content (AvgIpc) is 2.69. The number of morpholine rings is 1. The highest BCUT2D eigenvalue weighted by Crippen LogP contribution is 2.21. The molecule has 0 aromatic heterocycles. The lowest BCUT2D eigenvalue weighted by molar-refractivity contribution is 0.0730. The minimum absolute atomic E-state index is 0.122. The van der Waals surface area contributed by atoms with Crippen molar-refractivity contribution >= 4 is 21.6 Å². The SMILES string of the molecule is N#Cc1ccc(C(=O)Nc2cccc(S(=O)(=O)N3CCOCC3)c2)cc1. The van der Waals surface area contributed by atoms with E-state index in [1.807, 2.05) is 6.07 Å². The first-order valence-electron chi connectivity index (χ1n) is 8.00. The number of sulfonamides is 1. The van der Waals surface area contributed by atoms with Gasteiger partial charge in [-0.15, -0.1) is 0 Å². The van der Waals surface area contributed by atoms with Crippen LogP contribution in [0.5, 0.6) is 0 Å². The molecule has 1 fully saturated rings. The fourth-order valence-corrected chi connectivity index (χ4v) is 4.02. The van der Waals surface area contributed by atoms with E-state index >= 15 is 0 Å². The molecule has 0 bridgehead atoms. The van der Waals surface area contributed by atoms with Crippen LogP contribution in [0.4, 0.5) is 5.69 Å². The third kappa shape index (κ3) is 3.91. The second kappa shape index (κ2) is 7.66. The zero-order valence-corrected chi connectivity index (χ0v) is 14.7. The lowest BCUT2D eigenvalue weighted by atomic mass is 10.1. The van der Waals surface area contributed by atoms with Gasteiger partial charge in [-0.05, 0) is 42.5 Å². The molecule has 1 aliphatic heterocycles. The molecule has 1 N–H and O–H groups in total. The Hall–Kier alpha value is -2.73. The molecule has 0 atom stereocenters. The number of carbonyl (C=O) groups excluding carboxylic acids is 1. The van der Waals surface area contributed by atoms with Crippen molar-refractivity contribution in [3.63, 3.8) is 0 Å². The molecule has 8 heteroatoms. The molecule has 0 unspecified atom stereocenters. The summed E-state index contributed by atoms with van der Waals surface area (Å²) in [6.45, 7) is 1.36. The summed E-state index contributed by atoms with van der Waals surface area (Å²) >= 11 is 0.